The van der Waals surface area contributed by atoms with Gasteiger partial charge in [-0.2, -0.15) is 0 Å². The number of aromatic carboxylic acids is 1. The van der Waals surface area contributed by atoms with E-state index in [1.54, 1.807) is 0 Å². The van der Waals surface area contributed by atoms with E-state index in [0.717, 1.165) is 37.9 Å². The number of benzene rings is 2. The third-order valence-corrected chi connectivity index (χ3v) is 7.10. The number of ether oxygens (including phenoxy) is 2. The molecule has 1 amide bonds. The molecule has 1 atom stereocenters. The number of pyridine rings is 1. The first kappa shape index (κ1) is 26.2. The summed E-state index contributed by atoms with van der Waals surface area (Å²) in [6.45, 7) is 3.40. The van der Waals surface area contributed by atoms with E-state index in [2.05, 4.69) is 0 Å². The first-order valence-corrected chi connectivity index (χ1v) is 13.1. The summed E-state index contributed by atoms with van der Waals surface area (Å²) in [6.07, 6.45) is 3.70. The Kier molecular flexibility index (Phi) is 8.26. The third kappa shape index (κ3) is 6.01. The van der Waals surface area contributed by atoms with E-state index in [-0.39, 0.29) is 36.2 Å². The normalized spacial score (nSPS) is 18.7. The molecule has 0 bridgehead atoms. The summed E-state index contributed by atoms with van der Waals surface area (Å²) >= 11 is 0. The number of fused-ring (bicyclic) bond motifs is 1. The van der Waals surface area contributed by atoms with Gasteiger partial charge in [0, 0.05) is 49.3 Å². The molecule has 0 radical (unpaired) electrons. The van der Waals surface area contributed by atoms with Gasteiger partial charge < -0.3 is 19.5 Å². The second kappa shape index (κ2) is 12.0. The zero-order chi connectivity index (χ0) is 26.5. The van der Waals surface area contributed by atoms with Gasteiger partial charge in [-0.15, -0.1) is 0 Å². The van der Waals surface area contributed by atoms with Crippen LogP contribution in [0.1, 0.15) is 41.6 Å². The van der Waals surface area contributed by atoms with Gasteiger partial charge in [-0.3, -0.25) is 9.69 Å². The highest BCUT2D eigenvalue weighted by Gasteiger charge is 2.28. The second-order valence-electron chi connectivity index (χ2n) is 9.76. The van der Waals surface area contributed by atoms with Crippen LogP contribution in [0.5, 0.6) is 0 Å². The Bertz CT molecular complexity index is 1300. The zero-order valence-electron chi connectivity index (χ0n) is 21.3. The molecule has 0 spiro atoms. The number of hydrogen-bond acceptors (Lipinski definition) is 6. The van der Waals surface area contributed by atoms with E-state index in [1.165, 1.54) is 18.2 Å². The first-order chi connectivity index (χ1) is 18.5. The number of aromatic nitrogens is 1. The monoisotopic (exact) mass is 521 g/mol. The number of carbonyl (C=O) groups excluding carboxylic acids is 1. The molecular weight excluding hydrogens is 489 g/mol. The first-order valence-electron chi connectivity index (χ1n) is 13.1. The van der Waals surface area contributed by atoms with Gasteiger partial charge in [0.25, 0.3) is 0 Å². The number of carboxylic acids is 1. The maximum atomic E-state index is 14.1. The minimum Gasteiger partial charge on any atom is -0.478 e. The summed E-state index contributed by atoms with van der Waals surface area (Å²) in [5.74, 6) is -1.69. The summed E-state index contributed by atoms with van der Waals surface area (Å²) in [7, 11) is 0. The molecule has 0 saturated carbocycles. The molecule has 38 heavy (non-hydrogen) atoms. The lowest BCUT2D eigenvalue weighted by molar-refractivity contribution is -0.163. The van der Waals surface area contributed by atoms with Gasteiger partial charge in [0.15, 0.2) is 6.29 Å². The molecule has 8 nitrogen and oxygen atoms in total. The third-order valence-electron chi connectivity index (χ3n) is 7.10. The van der Waals surface area contributed by atoms with Gasteiger partial charge in [-0.25, -0.2) is 14.2 Å². The zero-order valence-corrected chi connectivity index (χ0v) is 21.3. The van der Waals surface area contributed by atoms with Crippen LogP contribution in [0.4, 0.5) is 4.39 Å². The average molecular weight is 522 g/mol. The molecule has 3 heterocycles. The molecule has 200 valence electrons. The summed E-state index contributed by atoms with van der Waals surface area (Å²) in [4.78, 5) is 33.9. The second-order valence-corrected chi connectivity index (χ2v) is 9.76. The van der Waals surface area contributed by atoms with Crippen molar-refractivity contribution in [2.24, 2.45) is 0 Å². The Morgan fingerprint density at radius 3 is 2.74 bits per heavy atom. The molecule has 2 aliphatic heterocycles. The Morgan fingerprint density at radius 2 is 2.00 bits per heavy atom. The molecule has 9 heteroatoms. The number of halogens is 1. The van der Waals surface area contributed by atoms with E-state index in [4.69, 9.17) is 14.5 Å². The smallest absolute Gasteiger partial charge is 0.336 e. The molecular formula is C29H32FN3O5. The standard InChI is InChI=1S/C29H32FN3O5/c30-21-10-11-24-22(17-21)27(29(35)36)23(28(31-24)20-7-2-1-3-8-20)18-32-13-14-33(25(34)19-32)12-6-16-38-26-9-4-5-15-37-26/h1-3,7-8,10-11,17,26H,4-6,9,12-16,18-19H2,(H,35,36). The summed E-state index contributed by atoms with van der Waals surface area (Å²) < 4.78 is 25.5. The minimum atomic E-state index is -1.15. The number of amides is 1. The Labute approximate surface area is 221 Å². The highest BCUT2D eigenvalue weighted by atomic mass is 19.1. The lowest BCUT2D eigenvalue weighted by Crippen LogP contribution is -2.50. The Balaban J connectivity index is 1.32. The molecule has 1 aromatic heterocycles. The number of piperazine rings is 1. The van der Waals surface area contributed by atoms with Crippen LogP contribution in [0.25, 0.3) is 22.2 Å². The van der Waals surface area contributed by atoms with Crippen molar-refractivity contribution in [1.29, 1.82) is 0 Å². The van der Waals surface area contributed by atoms with Crippen molar-refractivity contribution in [3.8, 4) is 11.3 Å². The quantitative estimate of drug-likeness (QED) is 0.420. The molecule has 5 rings (SSSR count). The van der Waals surface area contributed by atoms with Crippen molar-refractivity contribution in [2.75, 3.05) is 39.4 Å². The van der Waals surface area contributed by atoms with Gasteiger partial charge >= 0.3 is 5.97 Å². The lowest BCUT2D eigenvalue weighted by Gasteiger charge is -2.35. The predicted molar refractivity (Wildman–Crippen MR) is 140 cm³/mol. The SMILES string of the molecule is O=C(O)c1c(CN2CCN(CCCOC3CCCCO3)C(=O)C2)c(-c2ccccc2)nc2ccc(F)cc12. The van der Waals surface area contributed by atoms with Crippen molar-refractivity contribution >= 4 is 22.8 Å². The van der Waals surface area contributed by atoms with Crippen LogP contribution in [-0.2, 0) is 20.8 Å². The molecule has 0 aliphatic carbocycles. The van der Waals surface area contributed by atoms with E-state index in [9.17, 15) is 19.1 Å². The number of rotatable bonds is 9. The largest absolute Gasteiger partial charge is 0.478 e. The highest BCUT2D eigenvalue weighted by molar-refractivity contribution is 6.05. The van der Waals surface area contributed by atoms with Gasteiger partial charge in [0.1, 0.15) is 5.82 Å². The number of carboxylic acid groups (broad SMARTS) is 1. The molecule has 3 aromatic rings. The van der Waals surface area contributed by atoms with Crippen LogP contribution < -0.4 is 0 Å². The number of carbonyl (C=O) groups is 2. The molecule has 2 saturated heterocycles. The maximum Gasteiger partial charge on any atom is 0.336 e. The molecule has 2 fully saturated rings. The minimum absolute atomic E-state index is 0.0110. The van der Waals surface area contributed by atoms with Crippen molar-refractivity contribution in [3.63, 3.8) is 0 Å². The predicted octanol–water partition coefficient (Wildman–Crippen LogP) is 4.32. The van der Waals surface area contributed by atoms with Crippen molar-refractivity contribution in [3.05, 3.63) is 65.5 Å². The fourth-order valence-corrected chi connectivity index (χ4v) is 5.17. The van der Waals surface area contributed by atoms with Gasteiger partial charge in [0.2, 0.25) is 5.91 Å². The summed E-state index contributed by atoms with van der Waals surface area (Å²) in [5, 5.41) is 10.4. The Morgan fingerprint density at radius 1 is 1.16 bits per heavy atom. The van der Waals surface area contributed by atoms with Crippen molar-refractivity contribution in [1.82, 2.24) is 14.8 Å². The van der Waals surface area contributed by atoms with Crippen LogP contribution in [-0.4, -0.2) is 77.4 Å². The lowest BCUT2D eigenvalue weighted by atomic mass is 9.96. The highest BCUT2D eigenvalue weighted by Crippen LogP contribution is 2.32. The van der Waals surface area contributed by atoms with Gasteiger partial charge in [-0.1, -0.05) is 30.3 Å². The number of nitrogens with zero attached hydrogens (tertiary/aromatic N) is 3. The van der Waals surface area contributed by atoms with Crippen LogP contribution in [0.2, 0.25) is 0 Å². The molecule has 1 unspecified atom stereocenters. The van der Waals surface area contributed by atoms with Gasteiger partial charge in [0.05, 0.1) is 29.9 Å². The maximum absolute atomic E-state index is 14.1. The van der Waals surface area contributed by atoms with E-state index < -0.39 is 11.8 Å². The summed E-state index contributed by atoms with van der Waals surface area (Å²) in [6, 6.07) is 13.3. The Hall–Kier alpha value is -3.40. The molecule has 2 aromatic carbocycles. The fraction of sp³-hybridized carbons (Fsp3) is 0.414. The summed E-state index contributed by atoms with van der Waals surface area (Å²) in [5.41, 5.74) is 2.20. The number of hydrogen-bond donors (Lipinski definition) is 1. The molecule has 1 N–H and O–H groups in total. The van der Waals surface area contributed by atoms with Crippen LogP contribution in [0, 0.1) is 5.82 Å². The van der Waals surface area contributed by atoms with Crippen molar-refractivity contribution < 1.29 is 28.6 Å². The van der Waals surface area contributed by atoms with E-state index >= 15 is 0 Å². The van der Waals surface area contributed by atoms with Crippen LogP contribution in [0.15, 0.2) is 48.5 Å². The van der Waals surface area contributed by atoms with Crippen LogP contribution in [0.3, 0.4) is 0 Å². The van der Waals surface area contributed by atoms with Crippen LogP contribution >= 0.6 is 0 Å². The molecule has 2 aliphatic rings. The van der Waals surface area contributed by atoms with E-state index in [1.807, 2.05) is 40.1 Å². The average Bonchev–Trinajstić information content (AvgIpc) is 2.92. The topological polar surface area (TPSA) is 92.2 Å². The fourth-order valence-electron chi connectivity index (χ4n) is 5.17. The van der Waals surface area contributed by atoms with Gasteiger partial charge in [-0.05, 0) is 43.9 Å². The van der Waals surface area contributed by atoms with Crippen molar-refractivity contribution in [2.45, 2.75) is 38.5 Å². The van der Waals surface area contributed by atoms with E-state index in [0.29, 0.717) is 43.0 Å².